The third-order valence-electron chi connectivity index (χ3n) is 5.11. The molecule has 0 fully saturated rings. The van der Waals surface area contributed by atoms with Crippen molar-refractivity contribution in [2.24, 2.45) is 0 Å². The molecule has 5 aromatic rings. The van der Waals surface area contributed by atoms with Crippen molar-refractivity contribution in [3.05, 3.63) is 113 Å². The van der Waals surface area contributed by atoms with Crippen LogP contribution in [-0.4, -0.2) is 9.78 Å². The lowest BCUT2D eigenvalue weighted by Crippen LogP contribution is -2.22. The molecule has 5 rings (SSSR count). The van der Waals surface area contributed by atoms with E-state index in [4.69, 9.17) is 0 Å². The van der Waals surface area contributed by atoms with Crippen LogP contribution < -0.4 is 5.56 Å². The predicted molar refractivity (Wildman–Crippen MR) is 114 cm³/mol. The van der Waals surface area contributed by atoms with Gasteiger partial charge in [-0.3, -0.25) is 4.79 Å². The molecule has 0 amide bonds. The van der Waals surface area contributed by atoms with Crippen LogP contribution in [0.2, 0.25) is 0 Å². The lowest BCUT2D eigenvalue weighted by molar-refractivity contribution is 0.645. The van der Waals surface area contributed by atoms with Crippen LogP contribution in [0.5, 0.6) is 0 Å². The molecular formula is C25H18N2O. The van der Waals surface area contributed by atoms with E-state index >= 15 is 0 Å². The molecule has 0 saturated heterocycles. The monoisotopic (exact) mass is 362 g/mol. The van der Waals surface area contributed by atoms with Gasteiger partial charge in [0.25, 0.3) is 5.56 Å². The molecule has 1 aromatic heterocycles. The molecule has 0 radical (unpaired) electrons. The molecule has 0 atom stereocenters. The Kier molecular flexibility index (Phi) is 3.99. The molecule has 0 N–H and O–H groups in total. The third kappa shape index (κ3) is 2.97. The molecule has 28 heavy (non-hydrogen) atoms. The fourth-order valence-electron chi connectivity index (χ4n) is 3.66. The molecule has 0 unspecified atom stereocenters. The molecule has 0 aliphatic carbocycles. The van der Waals surface area contributed by atoms with Crippen LogP contribution in [0.25, 0.3) is 32.8 Å². The van der Waals surface area contributed by atoms with Crippen molar-refractivity contribution in [1.82, 2.24) is 9.78 Å². The summed E-state index contributed by atoms with van der Waals surface area (Å²) in [6.07, 6.45) is 0. The van der Waals surface area contributed by atoms with Crippen LogP contribution in [0.3, 0.4) is 0 Å². The van der Waals surface area contributed by atoms with Gasteiger partial charge in [0.1, 0.15) is 0 Å². The van der Waals surface area contributed by atoms with Crippen molar-refractivity contribution < 1.29 is 0 Å². The zero-order valence-electron chi connectivity index (χ0n) is 15.2. The minimum absolute atomic E-state index is 0.0996. The largest absolute Gasteiger partial charge is 0.268 e. The maximum Gasteiger partial charge on any atom is 0.267 e. The van der Waals surface area contributed by atoms with E-state index in [1.165, 1.54) is 10.8 Å². The topological polar surface area (TPSA) is 34.9 Å². The van der Waals surface area contributed by atoms with E-state index in [1.54, 1.807) is 16.8 Å². The minimum Gasteiger partial charge on any atom is -0.268 e. The van der Waals surface area contributed by atoms with Crippen LogP contribution in [-0.2, 0) is 6.54 Å². The smallest absolute Gasteiger partial charge is 0.267 e. The van der Waals surface area contributed by atoms with E-state index in [0.29, 0.717) is 6.54 Å². The van der Waals surface area contributed by atoms with Crippen molar-refractivity contribution in [3.8, 4) is 11.3 Å². The van der Waals surface area contributed by atoms with Gasteiger partial charge in [-0.25, -0.2) is 4.68 Å². The third-order valence-corrected chi connectivity index (χ3v) is 5.11. The van der Waals surface area contributed by atoms with Gasteiger partial charge >= 0.3 is 0 Å². The highest BCUT2D eigenvalue weighted by molar-refractivity contribution is 5.87. The average molecular weight is 362 g/mol. The quantitative estimate of drug-likeness (QED) is 0.438. The summed E-state index contributed by atoms with van der Waals surface area (Å²) in [4.78, 5) is 12.5. The first kappa shape index (κ1) is 16.5. The fraction of sp³-hybridized carbons (Fsp3) is 0.0400. The Bertz CT molecular complexity index is 1360. The van der Waals surface area contributed by atoms with Crippen molar-refractivity contribution >= 4 is 21.5 Å². The van der Waals surface area contributed by atoms with E-state index in [0.717, 1.165) is 27.6 Å². The van der Waals surface area contributed by atoms with Crippen LogP contribution in [0.4, 0.5) is 0 Å². The Morgan fingerprint density at radius 1 is 0.679 bits per heavy atom. The summed E-state index contributed by atoms with van der Waals surface area (Å²) in [5, 5.41) is 9.32. The highest BCUT2D eigenvalue weighted by atomic mass is 16.1. The number of rotatable bonds is 3. The second-order valence-corrected chi connectivity index (χ2v) is 6.91. The molecule has 0 aliphatic heterocycles. The summed E-state index contributed by atoms with van der Waals surface area (Å²) in [6, 6.07) is 32.3. The summed E-state index contributed by atoms with van der Waals surface area (Å²) < 4.78 is 1.55. The predicted octanol–water partition coefficient (Wildman–Crippen LogP) is 5.27. The van der Waals surface area contributed by atoms with E-state index < -0.39 is 0 Å². The van der Waals surface area contributed by atoms with Crippen LogP contribution >= 0.6 is 0 Å². The molecule has 0 aliphatic rings. The number of fused-ring (bicyclic) bond motifs is 2. The zero-order chi connectivity index (χ0) is 18.9. The van der Waals surface area contributed by atoms with E-state index in [2.05, 4.69) is 59.7 Å². The summed E-state index contributed by atoms with van der Waals surface area (Å²) in [5.41, 5.74) is 2.79. The summed E-state index contributed by atoms with van der Waals surface area (Å²) in [6.45, 7) is 0.446. The Labute approximate surface area is 162 Å². The summed E-state index contributed by atoms with van der Waals surface area (Å²) in [7, 11) is 0. The molecule has 3 heteroatoms. The summed E-state index contributed by atoms with van der Waals surface area (Å²) in [5.74, 6) is 0. The van der Waals surface area contributed by atoms with Crippen LogP contribution in [0.15, 0.2) is 102 Å². The second-order valence-electron chi connectivity index (χ2n) is 6.91. The molecule has 3 nitrogen and oxygen atoms in total. The molecular weight excluding hydrogens is 344 g/mol. The number of hydrogen-bond donors (Lipinski definition) is 0. The Balaban J connectivity index is 1.58. The average Bonchev–Trinajstić information content (AvgIpc) is 2.75. The van der Waals surface area contributed by atoms with Crippen molar-refractivity contribution in [2.45, 2.75) is 6.54 Å². The maximum absolute atomic E-state index is 12.5. The normalized spacial score (nSPS) is 11.1. The van der Waals surface area contributed by atoms with E-state index in [1.807, 2.05) is 30.3 Å². The van der Waals surface area contributed by atoms with Gasteiger partial charge in [-0.2, -0.15) is 5.10 Å². The highest BCUT2D eigenvalue weighted by Crippen LogP contribution is 2.23. The van der Waals surface area contributed by atoms with Gasteiger partial charge in [-0.15, -0.1) is 0 Å². The molecule has 0 bridgehead atoms. The highest BCUT2D eigenvalue weighted by Gasteiger charge is 2.07. The lowest BCUT2D eigenvalue weighted by atomic mass is 10.0. The van der Waals surface area contributed by atoms with Crippen LogP contribution in [0.1, 0.15) is 5.56 Å². The van der Waals surface area contributed by atoms with Gasteiger partial charge in [0, 0.05) is 11.6 Å². The second kappa shape index (κ2) is 6.78. The lowest BCUT2D eigenvalue weighted by Gasteiger charge is -2.10. The van der Waals surface area contributed by atoms with Gasteiger partial charge in [-0.1, -0.05) is 78.9 Å². The first-order valence-electron chi connectivity index (χ1n) is 9.32. The van der Waals surface area contributed by atoms with Gasteiger partial charge in [0.2, 0.25) is 0 Å². The van der Waals surface area contributed by atoms with Gasteiger partial charge in [-0.05, 0) is 39.2 Å². The summed E-state index contributed by atoms with van der Waals surface area (Å²) >= 11 is 0. The van der Waals surface area contributed by atoms with Gasteiger partial charge in [0.05, 0.1) is 12.2 Å². The van der Waals surface area contributed by atoms with Crippen LogP contribution in [0, 0.1) is 0 Å². The number of hydrogen-bond acceptors (Lipinski definition) is 2. The van der Waals surface area contributed by atoms with Crippen molar-refractivity contribution in [3.63, 3.8) is 0 Å². The Morgan fingerprint density at radius 2 is 1.43 bits per heavy atom. The Hall–Kier alpha value is -3.72. The van der Waals surface area contributed by atoms with Crippen molar-refractivity contribution in [2.75, 3.05) is 0 Å². The zero-order valence-corrected chi connectivity index (χ0v) is 15.2. The fourth-order valence-corrected chi connectivity index (χ4v) is 3.66. The van der Waals surface area contributed by atoms with Gasteiger partial charge < -0.3 is 0 Å². The van der Waals surface area contributed by atoms with Crippen molar-refractivity contribution in [1.29, 1.82) is 0 Å². The maximum atomic E-state index is 12.5. The molecule has 0 spiro atoms. The first-order chi connectivity index (χ1) is 13.8. The van der Waals surface area contributed by atoms with Gasteiger partial charge in [0.15, 0.2) is 0 Å². The standard InChI is InChI=1S/C25H18N2O/c28-25-15-14-24(21-13-12-18-6-1-2-8-20(18)16-21)26-27(25)17-22-10-5-9-19-7-3-4-11-23(19)22/h1-16H,17H2. The molecule has 0 saturated carbocycles. The number of aromatic nitrogens is 2. The SMILES string of the molecule is O=c1ccc(-c2ccc3ccccc3c2)nn1Cc1cccc2ccccc12. The molecule has 4 aromatic carbocycles. The molecule has 1 heterocycles. The number of nitrogens with zero attached hydrogens (tertiary/aromatic N) is 2. The van der Waals surface area contributed by atoms with E-state index in [-0.39, 0.29) is 5.56 Å². The number of benzene rings is 4. The molecule has 134 valence electrons. The first-order valence-corrected chi connectivity index (χ1v) is 9.32. The van der Waals surface area contributed by atoms with E-state index in [9.17, 15) is 4.79 Å². The Morgan fingerprint density at radius 3 is 2.32 bits per heavy atom. The minimum atomic E-state index is -0.0996.